The third kappa shape index (κ3) is 1.82. The molecular weight excluding hydrogens is 140 g/mol. The second kappa shape index (κ2) is 3.56. The normalized spacial score (nSPS) is 16.7. The minimum atomic E-state index is -0.165. The smallest absolute Gasteiger partial charge is 0.333 e. The van der Waals surface area contributed by atoms with Gasteiger partial charge in [-0.05, 0) is 32.6 Å². The SMILES string of the molecule is COC(=O)C(C)=C1CCCC1. The lowest BCUT2D eigenvalue weighted by atomic mass is 10.1. The number of hydrogen-bond acceptors (Lipinski definition) is 2. The van der Waals surface area contributed by atoms with Gasteiger partial charge < -0.3 is 4.74 Å². The van der Waals surface area contributed by atoms with Crippen LogP contribution < -0.4 is 0 Å². The number of carbonyl (C=O) groups excluding carboxylic acids is 1. The molecule has 0 spiro atoms. The van der Waals surface area contributed by atoms with E-state index >= 15 is 0 Å². The minimum absolute atomic E-state index is 0.165. The van der Waals surface area contributed by atoms with Crippen molar-refractivity contribution in [3.8, 4) is 0 Å². The van der Waals surface area contributed by atoms with E-state index in [4.69, 9.17) is 0 Å². The summed E-state index contributed by atoms with van der Waals surface area (Å²) in [5.41, 5.74) is 2.11. The van der Waals surface area contributed by atoms with Crippen molar-refractivity contribution in [2.45, 2.75) is 32.6 Å². The van der Waals surface area contributed by atoms with Gasteiger partial charge in [-0.25, -0.2) is 4.79 Å². The van der Waals surface area contributed by atoms with E-state index in [2.05, 4.69) is 4.74 Å². The first kappa shape index (κ1) is 8.31. The van der Waals surface area contributed by atoms with E-state index in [9.17, 15) is 4.79 Å². The summed E-state index contributed by atoms with van der Waals surface area (Å²) in [6.07, 6.45) is 4.62. The Kier molecular flexibility index (Phi) is 2.69. The zero-order valence-electron chi connectivity index (χ0n) is 7.14. The van der Waals surface area contributed by atoms with Gasteiger partial charge in [0.15, 0.2) is 0 Å². The Balaban J connectivity index is 2.69. The number of esters is 1. The van der Waals surface area contributed by atoms with E-state index in [-0.39, 0.29) is 5.97 Å². The molecule has 0 bridgehead atoms. The molecule has 1 saturated carbocycles. The number of methoxy groups -OCH3 is 1. The van der Waals surface area contributed by atoms with Crippen LogP contribution in [0.25, 0.3) is 0 Å². The number of hydrogen-bond donors (Lipinski definition) is 0. The van der Waals surface area contributed by atoms with Crippen LogP contribution in [0.1, 0.15) is 32.6 Å². The fourth-order valence-electron chi connectivity index (χ4n) is 1.47. The molecule has 0 N–H and O–H groups in total. The molecule has 0 aromatic rings. The highest BCUT2D eigenvalue weighted by Gasteiger charge is 2.14. The maximum absolute atomic E-state index is 11.0. The average Bonchev–Trinajstić information content (AvgIpc) is 2.53. The lowest BCUT2D eigenvalue weighted by Gasteiger charge is -2.02. The summed E-state index contributed by atoms with van der Waals surface area (Å²) in [7, 11) is 1.43. The first-order valence-electron chi connectivity index (χ1n) is 4.02. The van der Waals surface area contributed by atoms with E-state index in [0.717, 1.165) is 18.4 Å². The van der Waals surface area contributed by atoms with Crippen LogP contribution in [-0.4, -0.2) is 13.1 Å². The van der Waals surface area contributed by atoms with Crippen molar-refractivity contribution in [3.63, 3.8) is 0 Å². The van der Waals surface area contributed by atoms with Gasteiger partial charge in [0.05, 0.1) is 7.11 Å². The lowest BCUT2D eigenvalue weighted by molar-refractivity contribution is -0.136. The van der Waals surface area contributed by atoms with E-state index in [1.165, 1.54) is 25.5 Å². The number of ether oxygens (including phenoxy) is 1. The highest BCUT2D eigenvalue weighted by atomic mass is 16.5. The summed E-state index contributed by atoms with van der Waals surface area (Å²) in [6.45, 7) is 1.85. The molecule has 0 atom stereocenters. The molecule has 0 aromatic carbocycles. The van der Waals surface area contributed by atoms with Gasteiger partial charge in [0.25, 0.3) is 0 Å². The first-order chi connectivity index (χ1) is 5.25. The number of carbonyl (C=O) groups is 1. The number of rotatable bonds is 1. The molecule has 0 unspecified atom stereocenters. The fourth-order valence-corrected chi connectivity index (χ4v) is 1.47. The van der Waals surface area contributed by atoms with E-state index in [0.29, 0.717) is 0 Å². The van der Waals surface area contributed by atoms with Crippen molar-refractivity contribution in [1.29, 1.82) is 0 Å². The average molecular weight is 154 g/mol. The summed E-state index contributed by atoms with van der Waals surface area (Å²) < 4.78 is 4.63. The molecule has 0 amide bonds. The first-order valence-corrected chi connectivity index (χ1v) is 4.02. The van der Waals surface area contributed by atoms with Crippen LogP contribution in [0, 0.1) is 0 Å². The standard InChI is InChI=1S/C9H14O2/c1-7(9(10)11-2)8-5-3-4-6-8/h3-6H2,1-2H3. The van der Waals surface area contributed by atoms with Gasteiger partial charge in [-0.1, -0.05) is 5.57 Å². The van der Waals surface area contributed by atoms with Gasteiger partial charge in [-0.3, -0.25) is 0 Å². The fraction of sp³-hybridized carbons (Fsp3) is 0.667. The minimum Gasteiger partial charge on any atom is -0.466 e. The van der Waals surface area contributed by atoms with Gasteiger partial charge in [0.1, 0.15) is 0 Å². The molecule has 11 heavy (non-hydrogen) atoms. The van der Waals surface area contributed by atoms with Crippen molar-refractivity contribution in [3.05, 3.63) is 11.1 Å². The number of allylic oxidation sites excluding steroid dienone is 1. The van der Waals surface area contributed by atoms with Crippen molar-refractivity contribution in [2.75, 3.05) is 7.11 Å². The largest absolute Gasteiger partial charge is 0.466 e. The highest BCUT2D eigenvalue weighted by molar-refractivity contribution is 5.88. The van der Waals surface area contributed by atoms with Crippen molar-refractivity contribution in [1.82, 2.24) is 0 Å². The molecule has 0 saturated heterocycles. The zero-order chi connectivity index (χ0) is 8.27. The van der Waals surface area contributed by atoms with Crippen LogP contribution in [0.15, 0.2) is 11.1 Å². The highest BCUT2D eigenvalue weighted by Crippen LogP contribution is 2.26. The lowest BCUT2D eigenvalue weighted by Crippen LogP contribution is -2.03. The van der Waals surface area contributed by atoms with Gasteiger partial charge in [-0.2, -0.15) is 0 Å². The molecule has 0 heterocycles. The summed E-state index contributed by atoms with van der Waals surface area (Å²) in [5.74, 6) is -0.165. The van der Waals surface area contributed by atoms with Gasteiger partial charge in [0.2, 0.25) is 0 Å². The second-order valence-electron chi connectivity index (χ2n) is 2.93. The Morgan fingerprint density at radius 3 is 2.36 bits per heavy atom. The van der Waals surface area contributed by atoms with Gasteiger partial charge in [-0.15, -0.1) is 0 Å². The zero-order valence-corrected chi connectivity index (χ0v) is 7.14. The van der Waals surface area contributed by atoms with Crippen molar-refractivity contribution < 1.29 is 9.53 Å². The van der Waals surface area contributed by atoms with Crippen LogP contribution in [0.4, 0.5) is 0 Å². The van der Waals surface area contributed by atoms with Crippen LogP contribution in [0.2, 0.25) is 0 Å². The maximum Gasteiger partial charge on any atom is 0.333 e. The molecule has 2 nitrogen and oxygen atoms in total. The predicted octanol–water partition coefficient (Wildman–Crippen LogP) is 2.05. The molecule has 0 radical (unpaired) electrons. The molecule has 1 aliphatic carbocycles. The summed E-state index contributed by atoms with van der Waals surface area (Å²) >= 11 is 0. The Morgan fingerprint density at radius 2 is 1.91 bits per heavy atom. The Morgan fingerprint density at radius 1 is 1.36 bits per heavy atom. The van der Waals surface area contributed by atoms with E-state index < -0.39 is 0 Å². The van der Waals surface area contributed by atoms with Crippen molar-refractivity contribution in [2.24, 2.45) is 0 Å². The van der Waals surface area contributed by atoms with Crippen LogP contribution in [0.5, 0.6) is 0 Å². The van der Waals surface area contributed by atoms with Crippen LogP contribution in [0.3, 0.4) is 0 Å². The molecule has 1 aliphatic rings. The molecule has 1 rings (SSSR count). The Hall–Kier alpha value is -0.790. The van der Waals surface area contributed by atoms with Crippen LogP contribution in [-0.2, 0) is 9.53 Å². The van der Waals surface area contributed by atoms with Crippen LogP contribution >= 0.6 is 0 Å². The third-order valence-corrected chi connectivity index (χ3v) is 2.23. The topological polar surface area (TPSA) is 26.3 Å². The molecular formula is C9H14O2. The molecule has 62 valence electrons. The summed E-state index contributed by atoms with van der Waals surface area (Å²) in [6, 6.07) is 0. The quantitative estimate of drug-likeness (QED) is 0.427. The molecule has 0 aliphatic heterocycles. The Labute approximate surface area is 67.2 Å². The van der Waals surface area contributed by atoms with Gasteiger partial charge in [0, 0.05) is 5.57 Å². The predicted molar refractivity (Wildman–Crippen MR) is 43.2 cm³/mol. The van der Waals surface area contributed by atoms with E-state index in [1.807, 2.05) is 6.92 Å². The summed E-state index contributed by atoms with van der Waals surface area (Å²) in [4.78, 5) is 11.0. The van der Waals surface area contributed by atoms with Gasteiger partial charge >= 0.3 is 5.97 Å². The molecule has 2 heteroatoms. The summed E-state index contributed by atoms with van der Waals surface area (Å²) in [5, 5.41) is 0. The monoisotopic (exact) mass is 154 g/mol. The molecule has 0 aromatic heterocycles. The third-order valence-electron chi connectivity index (χ3n) is 2.23. The second-order valence-corrected chi connectivity index (χ2v) is 2.93. The van der Waals surface area contributed by atoms with E-state index in [1.54, 1.807) is 0 Å². The molecule has 1 fully saturated rings. The maximum atomic E-state index is 11.0. The van der Waals surface area contributed by atoms with Crippen molar-refractivity contribution >= 4 is 5.97 Å². The Bertz CT molecular complexity index is 184.